The summed E-state index contributed by atoms with van der Waals surface area (Å²) < 4.78 is 1.63. The van der Waals surface area contributed by atoms with Crippen molar-refractivity contribution in [1.82, 2.24) is 9.78 Å². The molecule has 13 heavy (non-hydrogen) atoms. The summed E-state index contributed by atoms with van der Waals surface area (Å²) in [7, 11) is 1.79. The number of amides is 1. The standard InChI is InChI=1S/C8H14N4O/c1-3-7(13)10-8-6(4-9)5-12(2)11-8/h5H,3-4,9H2,1-2H3,(H,10,11,13). The van der Waals surface area contributed by atoms with Gasteiger partial charge in [0.25, 0.3) is 0 Å². The van der Waals surface area contributed by atoms with Gasteiger partial charge in [0, 0.05) is 31.8 Å². The molecule has 0 saturated carbocycles. The highest BCUT2D eigenvalue weighted by atomic mass is 16.1. The number of nitrogens with two attached hydrogens (primary N) is 1. The van der Waals surface area contributed by atoms with E-state index in [1.54, 1.807) is 24.9 Å². The second kappa shape index (κ2) is 4.04. The molecule has 0 saturated heterocycles. The van der Waals surface area contributed by atoms with Crippen molar-refractivity contribution in [3.8, 4) is 0 Å². The Labute approximate surface area is 76.9 Å². The van der Waals surface area contributed by atoms with Crippen LogP contribution in [0.3, 0.4) is 0 Å². The molecule has 0 unspecified atom stereocenters. The number of hydrogen-bond donors (Lipinski definition) is 2. The van der Waals surface area contributed by atoms with E-state index >= 15 is 0 Å². The van der Waals surface area contributed by atoms with Crippen LogP contribution in [0.1, 0.15) is 18.9 Å². The number of aromatic nitrogens is 2. The molecule has 0 radical (unpaired) electrons. The van der Waals surface area contributed by atoms with Gasteiger partial charge in [0.05, 0.1) is 0 Å². The third kappa shape index (κ3) is 2.29. The molecule has 0 fully saturated rings. The minimum Gasteiger partial charge on any atom is -0.326 e. The van der Waals surface area contributed by atoms with Crippen LogP contribution in [0.4, 0.5) is 5.82 Å². The molecule has 5 heteroatoms. The molecule has 5 nitrogen and oxygen atoms in total. The summed E-state index contributed by atoms with van der Waals surface area (Å²) in [5.41, 5.74) is 6.33. The van der Waals surface area contributed by atoms with Crippen molar-refractivity contribution in [2.45, 2.75) is 19.9 Å². The Morgan fingerprint density at radius 1 is 1.77 bits per heavy atom. The number of nitrogens with one attached hydrogen (secondary N) is 1. The summed E-state index contributed by atoms with van der Waals surface area (Å²) in [6.07, 6.45) is 2.24. The molecule has 0 aliphatic carbocycles. The number of hydrogen-bond acceptors (Lipinski definition) is 3. The van der Waals surface area contributed by atoms with Gasteiger partial charge in [0.1, 0.15) is 0 Å². The summed E-state index contributed by atoms with van der Waals surface area (Å²) in [5, 5.41) is 6.76. The molecule has 0 spiro atoms. The fourth-order valence-corrected chi connectivity index (χ4v) is 1.01. The van der Waals surface area contributed by atoms with E-state index in [-0.39, 0.29) is 5.91 Å². The summed E-state index contributed by atoms with van der Waals surface area (Å²) >= 11 is 0. The lowest BCUT2D eigenvalue weighted by Crippen LogP contribution is -2.12. The summed E-state index contributed by atoms with van der Waals surface area (Å²) in [6.45, 7) is 2.17. The zero-order chi connectivity index (χ0) is 9.84. The Kier molecular flexibility index (Phi) is 3.02. The van der Waals surface area contributed by atoms with Gasteiger partial charge in [0.15, 0.2) is 5.82 Å². The minimum absolute atomic E-state index is 0.0478. The van der Waals surface area contributed by atoms with Crippen molar-refractivity contribution in [2.24, 2.45) is 12.8 Å². The largest absolute Gasteiger partial charge is 0.326 e. The first-order valence-corrected chi connectivity index (χ1v) is 4.19. The van der Waals surface area contributed by atoms with Crippen LogP contribution < -0.4 is 11.1 Å². The van der Waals surface area contributed by atoms with E-state index in [9.17, 15) is 4.79 Å². The molecule has 0 aromatic carbocycles. The van der Waals surface area contributed by atoms with Crippen molar-refractivity contribution >= 4 is 11.7 Å². The van der Waals surface area contributed by atoms with Gasteiger partial charge in [0.2, 0.25) is 5.91 Å². The van der Waals surface area contributed by atoms with Crippen molar-refractivity contribution < 1.29 is 4.79 Å². The Morgan fingerprint density at radius 2 is 2.46 bits per heavy atom. The molecule has 1 amide bonds. The quantitative estimate of drug-likeness (QED) is 0.702. The molecule has 0 aliphatic heterocycles. The van der Waals surface area contributed by atoms with Crippen molar-refractivity contribution in [1.29, 1.82) is 0 Å². The van der Waals surface area contributed by atoms with Gasteiger partial charge in [-0.15, -0.1) is 0 Å². The van der Waals surface area contributed by atoms with Crippen LogP contribution in [0.15, 0.2) is 6.20 Å². The minimum atomic E-state index is -0.0478. The number of nitrogens with zero attached hydrogens (tertiary/aromatic N) is 2. The molecule has 0 bridgehead atoms. The lowest BCUT2D eigenvalue weighted by Gasteiger charge is -2.00. The number of anilines is 1. The third-order valence-electron chi connectivity index (χ3n) is 1.70. The topological polar surface area (TPSA) is 72.9 Å². The average Bonchev–Trinajstić information content (AvgIpc) is 2.46. The van der Waals surface area contributed by atoms with Gasteiger partial charge in [-0.3, -0.25) is 9.48 Å². The van der Waals surface area contributed by atoms with E-state index < -0.39 is 0 Å². The van der Waals surface area contributed by atoms with Crippen LogP contribution in [-0.4, -0.2) is 15.7 Å². The van der Waals surface area contributed by atoms with Crippen LogP contribution in [0.2, 0.25) is 0 Å². The van der Waals surface area contributed by atoms with Gasteiger partial charge in [-0.1, -0.05) is 6.92 Å². The first-order valence-electron chi connectivity index (χ1n) is 4.19. The van der Waals surface area contributed by atoms with Gasteiger partial charge >= 0.3 is 0 Å². The van der Waals surface area contributed by atoms with Gasteiger partial charge in [-0.05, 0) is 0 Å². The monoisotopic (exact) mass is 182 g/mol. The average molecular weight is 182 g/mol. The Bertz CT molecular complexity index is 305. The Balaban J connectivity index is 2.80. The van der Waals surface area contributed by atoms with Gasteiger partial charge in [-0.2, -0.15) is 5.10 Å². The van der Waals surface area contributed by atoms with Crippen molar-refractivity contribution in [3.63, 3.8) is 0 Å². The van der Waals surface area contributed by atoms with Crippen LogP contribution >= 0.6 is 0 Å². The maximum Gasteiger partial charge on any atom is 0.225 e. The normalized spacial score (nSPS) is 10.1. The maximum atomic E-state index is 11.1. The summed E-state index contributed by atoms with van der Waals surface area (Å²) in [5.74, 6) is 0.519. The van der Waals surface area contributed by atoms with Crippen LogP contribution in [-0.2, 0) is 18.4 Å². The molecule has 1 rings (SSSR count). The molecule has 72 valence electrons. The summed E-state index contributed by atoms with van der Waals surface area (Å²) in [6, 6.07) is 0. The van der Waals surface area contributed by atoms with Crippen molar-refractivity contribution in [2.75, 3.05) is 5.32 Å². The zero-order valence-electron chi connectivity index (χ0n) is 7.87. The second-order valence-electron chi connectivity index (χ2n) is 2.78. The number of carbonyl (C=O) groups is 1. The second-order valence-corrected chi connectivity index (χ2v) is 2.78. The van der Waals surface area contributed by atoms with E-state index in [2.05, 4.69) is 10.4 Å². The predicted molar refractivity (Wildman–Crippen MR) is 50.0 cm³/mol. The van der Waals surface area contributed by atoms with E-state index in [1.807, 2.05) is 0 Å². The SMILES string of the molecule is CCC(=O)Nc1nn(C)cc1CN. The van der Waals surface area contributed by atoms with E-state index in [1.165, 1.54) is 0 Å². The number of carbonyl (C=O) groups excluding carboxylic acids is 1. The number of rotatable bonds is 3. The van der Waals surface area contributed by atoms with Gasteiger partial charge < -0.3 is 11.1 Å². The molecule has 0 atom stereocenters. The summed E-state index contributed by atoms with van der Waals surface area (Å²) in [4.78, 5) is 11.1. The Morgan fingerprint density at radius 3 is 3.00 bits per heavy atom. The highest BCUT2D eigenvalue weighted by Gasteiger charge is 2.07. The van der Waals surface area contributed by atoms with E-state index in [0.717, 1.165) is 5.56 Å². The van der Waals surface area contributed by atoms with Crippen LogP contribution in [0.25, 0.3) is 0 Å². The molecule has 0 aliphatic rings. The number of aryl methyl sites for hydroxylation is 1. The molecule has 1 heterocycles. The van der Waals surface area contributed by atoms with E-state index in [4.69, 9.17) is 5.73 Å². The molecule has 3 N–H and O–H groups in total. The maximum absolute atomic E-state index is 11.1. The zero-order valence-corrected chi connectivity index (χ0v) is 7.87. The van der Waals surface area contributed by atoms with E-state index in [0.29, 0.717) is 18.8 Å². The lowest BCUT2D eigenvalue weighted by atomic mass is 10.3. The van der Waals surface area contributed by atoms with Crippen LogP contribution in [0, 0.1) is 0 Å². The fraction of sp³-hybridized carbons (Fsp3) is 0.500. The van der Waals surface area contributed by atoms with Crippen molar-refractivity contribution in [3.05, 3.63) is 11.8 Å². The smallest absolute Gasteiger partial charge is 0.225 e. The predicted octanol–water partition coefficient (Wildman–Crippen LogP) is 0.227. The molecular formula is C8H14N4O. The molecule has 1 aromatic heterocycles. The molecular weight excluding hydrogens is 168 g/mol. The lowest BCUT2D eigenvalue weighted by molar-refractivity contribution is -0.115. The fourth-order valence-electron chi connectivity index (χ4n) is 1.01. The Hall–Kier alpha value is -1.36. The highest BCUT2D eigenvalue weighted by molar-refractivity contribution is 5.90. The highest BCUT2D eigenvalue weighted by Crippen LogP contribution is 2.11. The van der Waals surface area contributed by atoms with Crippen LogP contribution in [0.5, 0.6) is 0 Å². The first kappa shape index (κ1) is 9.73. The third-order valence-corrected chi connectivity index (χ3v) is 1.70. The first-order chi connectivity index (χ1) is 6.17. The molecule has 1 aromatic rings. The van der Waals surface area contributed by atoms with Gasteiger partial charge in [-0.25, -0.2) is 0 Å².